The summed E-state index contributed by atoms with van der Waals surface area (Å²) < 4.78 is 10.3. The molecule has 0 aliphatic rings. The van der Waals surface area contributed by atoms with Gasteiger partial charge >= 0.3 is 0 Å². The average Bonchev–Trinajstić information content (AvgIpc) is 2.66. The Hall–Kier alpha value is -3.35. The second-order valence-corrected chi connectivity index (χ2v) is 4.92. The molecule has 0 bridgehead atoms. The number of carbonyl (C=O) groups excluding carboxylic acids is 2. The van der Waals surface area contributed by atoms with Crippen molar-refractivity contribution >= 4 is 18.0 Å². The maximum absolute atomic E-state index is 12.1. The second-order valence-electron chi connectivity index (χ2n) is 4.92. The molecule has 2 aromatic rings. The van der Waals surface area contributed by atoms with Crippen LogP contribution in [0.3, 0.4) is 0 Å². The normalized spacial score (nSPS) is 10.3. The highest BCUT2D eigenvalue weighted by atomic mass is 16.5. The third kappa shape index (κ3) is 5.07. The first-order valence-electron chi connectivity index (χ1n) is 7.52. The molecule has 2 amide bonds. The van der Waals surface area contributed by atoms with Crippen LogP contribution in [0.5, 0.6) is 11.5 Å². The van der Waals surface area contributed by atoms with Gasteiger partial charge in [-0.25, -0.2) is 5.43 Å². The number of rotatable bonds is 7. The van der Waals surface area contributed by atoms with Crippen LogP contribution in [0.4, 0.5) is 0 Å². The first kappa shape index (κ1) is 18.0. The van der Waals surface area contributed by atoms with Gasteiger partial charge in [-0.1, -0.05) is 24.3 Å². The van der Waals surface area contributed by atoms with Crippen LogP contribution >= 0.6 is 0 Å². The summed E-state index contributed by atoms with van der Waals surface area (Å²) in [6, 6.07) is 14.0. The summed E-state index contributed by atoms with van der Waals surface area (Å²) in [6.45, 7) is -0.208. The van der Waals surface area contributed by atoms with E-state index in [-0.39, 0.29) is 6.54 Å². The van der Waals surface area contributed by atoms with Crippen LogP contribution < -0.4 is 20.2 Å². The number of hydrazone groups is 1. The Balaban J connectivity index is 1.86. The van der Waals surface area contributed by atoms with Crippen molar-refractivity contribution in [3.8, 4) is 11.5 Å². The summed E-state index contributed by atoms with van der Waals surface area (Å²) in [6.07, 6.45) is 1.47. The Kier molecular flexibility index (Phi) is 6.53. The number of ether oxygens (including phenoxy) is 2. The fourth-order valence-corrected chi connectivity index (χ4v) is 2.07. The lowest BCUT2D eigenvalue weighted by atomic mass is 10.2. The van der Waals surface area contributed by atoms with Crippen molar-refractivity contribution in [2.75, 3.05) is 20.8 Å². The van der Waals surface area contributed by atoms with Crippen molar-refractivity contribution in [2.24, 2.45) is 5.10 Å². The van der Waals surface area contributed by atoms with Crippen LogP contribution in [0.25, 0.3) is 0 Å². The summed E-state index contributed by atoms with van der Waals surface area (Å²) in [5.74, 6) is 0.232. The molecule has 0 saturated heterocycles. The smallest absolute Gasteiger partial charge is 0.259 e. The lowest BCUT2D eigenvalue weighted by molar-refractivity contribution is -0.120. The van der Waals surface area contributed by atoms with Gasteiger partial charge in [-0.05, 0) is 24.3 Å². The average molecular weight is 341 g/mol. The number of para-hydroxylation sites is 2. The van der Waals surface area contributed by atoms with E-state index in [4.69, 9.17) is 9.47 Å². The van der Waals surface area contributed by atoms with Gasteiger partial charge in [0.05, 0.1) is 32.5 Å². The zero-order chi connectivity index (χ0) is 18.1. The van der Waals surface area contributed by atoms with E-state index in [9.17, 15) is 9.59 Å². The van der Waals surface area contributed by atoms with E-state index in [2.05, 4.69) is 15.8 Å². The molecule has 0 spiro atoms. The molecule has 2 rings (SSSR count). The molecule has 2 N–H and O–H groups in total. The van der Waals surface area contributed by atoms with E-state index in [1.165, 1.54) is 13.3 Å². The van der Waals surface area contributed by atoms with Crippen LogP contribution in [0.1, 0.15) is 15.9 Å². The monoisotopic (exact) mass is 341 g/mol. The molecule has 25 heavy (non-hydrogen) atoms. The maximum atomic E-state index is 12.1. The van der Waals surface area contributed by atoms with E-state index in [1.807, 2.05) is 12.1 Å². The summed E-state index contributed by atoms with van der Waals surface area (Å²) in [7, 11) is 3.03. The first-order valence-corrected chi connectivity index (χ1v) is 7.52. The molecule has 0 aliphatic heterocycles. The van der Waals surface area contributed by atoms with Crippen molar-refractivity contribution in [1.29, 1.82) is 0 Å². The Bertz CT molecular complexity index is 774. The predicted octanol–water partition coefficient (Wildman–Crippen LogP) is 1.58. The highest BCUT2D eigenvalue weighted by molar-refractivity contribution is 5.98. The van der Waals surface area contributed by atoms with Crippen LogP contribution in [0.2, 0.25) is 0 Å². The minimum Gasteiger partial charge on any atom is -0.496 e. The van der Waals surface area contributed by atoms with Crippen molar-refractivity contribution in [3.05, 3.63) is 59.7 Å². The summed E-state index contributed by atoms with van der Waals surface area (Å²) in [5.41, 5.74) is 3.43. The number of benzene rings is 2. The van der Waals surface area contributed by atoms with Gasteiger partial charge in [0.1, 0.15) is 11.5 Å². The second kappa shape index (κ2) is 9.07. The maximum Gasteiger partial charge on any atom is 0.259 e. The Morgan fingerprint density at radius 2 is 1.64 bits per heavy atom. The molecule has 0 saturated carbocycles. The van der Waals surface area contributed by atoms with E-state index < -0.39 is 11.8 Å². The molecule has 7 nitrogen and oxygen atoms in total. The van der Waals surface area contributed by atoms with E-state index >= 15 is 0 Å². The van der Waals surface area contributed by atoms with Crippen molar-refractivity contribution in [3.63, 3.8) is 0 Å². The van der Waals surface area contributed by atoms with E-state index in [0.29, 0.717) is 17.1 Å². The number of hydrogen-bond acceptors (Lipinski definition) is 5. The van der Waals surface area contributed by atoms with Gasteiger partial charge in [-0.3, -0.25) is 9.59 Å². The first-order chi connectivity index (χ1) is 12.2. The van der Waals surface area contributed by atoms with Gasteiger partial charge in [-0.2, -0.15) is 5.10 Å². The third-order valence-corrected chi connectivity index (χ3v) is 3.29. The van der Waals surface area contributed by atoms with Gasteiger partial charge in [0, 0.05) is 5.56 Å². The lowest BCUT2D eigenvalue weighted by Crippen LogP contribution is -2.35. The Morgan fingerprint density at radius 1 is 1.00 bits per heavy atom. The molecule has 0 unspecified atom stereocenters. The quantitative estimate of drug-likeness (QED) is 0.591. The molecule has 0 fully saturated rings. The standard InChI is InChI=1S/C18H19N3O4/c1-24-15-9-5-3-7-13(15)11-20-21-17(22)12-19-18(23)14-8-4-6-10-16(14)25-2/h3-11H,12H2,1-2H3,(H,19,23)(H,21,22). The molecule has 7 heteroatoms. The van der Waals surface area contributed by atoms with Crippen LogP contribution in [-0.2, 0) is 4.79 Å². The predicted molar refractivity (Wildman–Crippen MR) is 94.1 cm³/mol. The molecule has 0 aromatic heterocycles. The zero-order valence-corrected chi connectivity index (χ0v) is 14.0. The topological polar surface area (TPSA) is 89.0 Å². The van der Waals surface area contributed by atoms with Crippen molar-refractivity contribution < 1.29 is 19.1 Å². The van der Waals surface area contributed by atoms with Gasteiger partial charge in [0.15, 0.2) is 0 Å². The van der Waals surface area contributed by atoms with Crippen molar-refractivity contribution in [2.45, 2.75) is 0 Å². The minimum absolute atomic E-state index is 0.208. The van der Waals surface area contributed by atoms with Crippen molar-refractivity contribution in [1.82, 2.24) is 10.7 Å². The van der Waals surface area contributed by atoms with Crippen LogP contribution in [-0.4, -0.2) is 38.8 Å². The fraction of sp³-hybridized carbons (Fsp3) is 0.167. The SMILES string of the molecule is COc1ccccc1C=NNC(=O)CNC(=O)c1ccccc1OC. The number of methoxy groups -OCH3 is 2. The highest BCUT2D eigenvalue weighted by Crippen LogP contribution is 2.16. The molecule has 130 valence electrons. The number of amides is 2. The number of nitrogens with one attached hydrogen (secondary N) is 2. The molecule has 2 aromatic carbocycles. The highest BCUT2D eigenvalue weighted by Gasteiger charge is 2.12. The molecular weight excluding hydrogens is 322 g/mol. The van der Waals surface area contributed by atoms with Crippen LogP contribution in [0.15, 0.2) is 53.6 Å². The number of hydrogen-bond donors (Lipinski definition) is 2. The van der Waals surface area contributed by atoms with E-state index in [0.717, 1.165) is 5.56 Å². The van der Waals surface area contributed by atoms with Gasteiger partial charge in [0.25, 0.3) is 11.8 Å². The third-order valence-electron chi connectivity index (χ3n) is 3.29. The molecular formula is C18H19N3O4. The van der Waals surface area contributed by atoms with E-state index in [1.54, 1.807) is 43.5 Å². The van der Waals surface area contributed by atoms with Crippen LogP contribution in [0, 0.1) is 0 Å². The number of carbonyl (C=O) groups is 2. The Labute approximate surface area is 145 Å². The zero-order valence-electron chi connectivity index (χ0n) is 14.0. The molecule has 0 aliphatic carbocycles. The number of nitrogens with zero attached hydrogens (tertiary/aromatic N) is 1. The van der Waals surface area contributed by atoms with Gasteiger partial charge in [0.2, 0.25) is 0 Å². The largest absolute Gasteiger partial charge is 0.496 e. The summed E-state index contributed by atoms with van der Waals surface area (Å²) in [5, 5.41) is 6.37. The Morgan fingerprint density at radius 3 is 2.36 bits per heavy atom. The lowest BCUT2D eigenvalue weighted by Gasteiger charge is -2.08. The molecule has 0 heterocycles. The van der Waals surface area contributed by atoms with Gasteiger partial charge < -0.3 is 14.8 Å². The minimum atomic E-state index is -0.450. The molecule has 0 radical (unpaired) electrons. The molecule has 0 atom stereocenters. The summed E-state index contributed by atoms with van der Waals surface area (Å²) >= 11 is 0. The van der Waals surface area contributed by atoms with Gasteiger partial charge in [-0.15, -0.1) is 0 Å². The fourth-order valence-electron chi connectivity index (χ4n) is 2.07. The summed E-state index contributed by atoms with van der Waals surface area (Å²) in [4.78, 5) is 23.9.